The number of nitrogens with one attached hydrogen (secondary N) is 1. The maximum Gasteiger partial charge on any atom is 0.243 e. The van der Waals surface area contributed by atoms with Gasteiger partial charge in [-0.15, -0.1) is 0 Å². The van der Waals surface area contributed by atoms with Gasteiger partial charge in [-0.2, -0.15) is 0 Å². The number of fused-ring (bicyclic) bond motifs is 2. The van der Waals surface area contributed by atoms with Crippen molar-refractivity contribution in [3.05, 3.63) is 72.8 Å². The van der Waals surface area contributed by atoms with Gasteiger partial charge in [0.25, 0.3) is 0 Å². The molecule has 0 bridgehead atoms. The average molecular weight is 357 g/mol. The minimum absolute atomic E-state index is 0.390. The Labute approximate surface area is 156 Å². The Bertz CT molecular complexity index is 1070. The molecule has 1 amide bonds. The van der Waals surface area contributed by atoms with Crippen LogP contribution in [0, 0.1) is 0 Å². The van der Waals surface area contributed by atoms with Gasteiger partial charge in [-0.25, -0.2) is 4.98 Å². The fourth-order valence-electron chi connectivity index (χ4n) is 3.19. The third kappa shape index (κ3) is 3.26. The van der Waals surface area contributed by atoms with Crippen LogP contribution in [0.2, 0.25) is 0 Å². The number of amides is 1. The number of nitrogens with two attached hydrogens (primary N) is 1. The van der Waals surface area contributed by atoms with E-state index in [2.05, 4.69) is 17.4 Å². The highest BCUT2D eigenvalue weighted by atomic mass is 16.3. The number of aromatic nitrogens is 1. The highest BCUT2D eigenvalue weighted by Gasteiger charge is 2.13. The Morgan fingerprint density at radius 2 is 1.48 bits per heavy atom. The van der Waals surface area contributed by atoms with Gasteiger partial charge in [0.1, 0.15) is 6.04 Å². The number of rotatable bonds is 4. The van der Waals surface area contributed by atoms with Gasteiger partial charge in [-0.3, -0.25) is 4.79 Å². The number of anilines is 1. The summed E-state index contributed by atoms with van der Waals surface area (Å²) in [6.07, 6.45) is 0. The summed E-state index contributed by atoms with van der Waals surface area (Å²) in [6, 6.07) is 22.8. The molecule has 3 aromatic carbocycles. The van der Waals surface area contributed by atoms with Crippen molar-refractivity contribution in [3.8, 4) is 11.1 Å². The largest absolute Gasteiger partial charge is 0.394 e. The van der Waals surface area contributed by atoms with Crippen LogP contribution in [-0.2, 0) is 4.79 Å². The monoisotopic (exact) mass is 357 g/mol. The number of hydrogen-bond acceptors (Lipinski definition) is 4. The summed E-state index contributed by atoms with van der Waals surface area (Å²) < 4.78 is 0. The van der Waals surface area contributed by atoms with Crippen molar-refractivity contribution in [1.82, 2.24) is 4.98 Å². The van der Waals surface area contributed by atoms with E-state index in [0.29, 0.717) is 5.69 Å². The molecule has 0 spiro atoms. The molecule has 1 atom stereocenters. The minimum atomic E-state index is -0.933. The molecule has 4 rings (SSSR count). The molecule has 0 saturated carbocycles. The fraction of sp³-hybridized carbons (Fsp3) is 0.0909. The molecule has 5 nitrogen and oxygen atoms in total. The van der Waals surface area contributed by atoms with Crippen LogP contribution in [0.4, 0.5) is 5.69 Å². The van der Waals surface area contributed by atoms with Gasteiger partial charge in [-0.1, -0.05) is 48.5 Å². The lowest BCUT2D eigenvalue weighted by atomic mass is 9.96. The molecule has 5 heteroatoms. The molecular weight excluding hydrogens is 338 g/mol. The topological polar surface area (TPSA) is 88.2 Å². The normalized spacial score (nSPS) is 12.2. The van der Waals surface area contributed by atoms with E-state index in [9.17, 15) is 4.79 Å². The first-order valence-electron chi connectivity index (χ1n) is 8.72. The first-order valence-corrected chi connectivity index (χ1v) is 8.72. The van der Waals surface area contributed by atoms with E-state index in [1.807, 2.05) is 60.7 Å². The molecule has 0 aliphatic rings. The molecule has 1 heterocycles. The van der Waals surface area contributed by atoms with Gasteiger partial charge < -0.3 is 16.2 Å². The number of para-hydroxylation sites is 2. The third-order valence-electron chi connectivity index (χ3n) is 4.56. The molecule has 4 N–H and O–H groups in total. The second kappa shape index (κ2) is 7.15. The number of aliphatic hydroxyl groups is 1. The zero-order chi connectivity index (χ0) is 18.8. The predicted molar refractivity (Wildman–Crippen MR) is 108 cm³/mol. The van der Waals surface area contributed by atoms with Crippen molar-refractivity contribution in [2.75, 3.05) is 11.9 Å². The zero-order valence-corrected chi connectivity index (χ0v) is 14.6. The van der Waals surface area contributed by atoms with Crippen LogP contribution < -0.4 is 11.1 Å². The standard InChI is InChI=1S/C22H19N3O2/c23-18(13-26)22(27)24-15-11-9-14(10-12-15)21-16-5-1-3-7-19(16)25-20-8-4-2-6-17(20)21/h1-12,18,26H,13,23H2,(H,24,27)/t18-/m0/s1. The van der Waals surface area contributed by atoms with Crippen LogP contribution in [0.25, 0.3) is 32.9 Å². The van der Waals surface area contributed by atoms with E-state index in [1.165, 1.54) is 0 Å². The van der Waals surface area contributed by atoms with Crippen LogP contribution in [0.5, 0.6) is 0 Å². The van der Waals surface area contributed by atoms with Crippen LogP contribution in [0.15, 0.2) is 72.8 Å². The summed E-state index contributed by atoms with van der Waals surface area (Å²) in [7, 11) is 0. The Hall–Kier alpha value is -3.28. The number of aliphatic hydroxyl groups excluding tert-OH is 1. The van der Waals surface area contributed by atoms with E-state index in [-0.39, 0.29) is 6.61 Å². The van der Waals surface area contributed by atoms with Gasteiger partial charge >= 0.3 is 0 Å². The van der Waals surface area contributed by atoms with Crippen LogP contribution in [0.1, 0.15) is 0 Å². The number of hydrogen-bond donors (Lipinski definition) is 3. The Balaban J connectivity index is 1.80. The Morgan fingerprint density at radius 1 is 0.926 bits per heavy atom. The van der Waals surface area contributed by atoms with E-state index in [0.717, 1.165) is 32.9 Å². The molecule has 0 aliphatic heterocycles. The number of nitrogens with zero attached hydrogens (tertiary/aromatic N) is 1. The quantitative estimate of drug-likeness (QED) is 0.489. The maximum absolute atomic E-state index is 11.8. The number of carbonyl (C=O) groups is 1. The van der Waals surface area contributed by atoms with Crippen molar-refractivity contribution >= 4 is 33.4 Å². The lowest BCUT2D eigenvalue weighted by Crippen LogP contribution is -2.38. The highest BCUT2D eigenvalue weighted by Crippen LogP contribution is 2.35. The van der Waals surface area contributed by atoms with E-state index < -0.39 is 11.9 Å². The smallest absolute Gasteiger partial charge is 0.243 e. The lowest BCUT2D eigenvalue weighted by molar-refractivity contribution is -0.118. The van der Waals surface area contributed by atoms with E-state index in [4.69, 9.17) is 15.8 Å². The van der Waals surface area contributed by atoms with Crippen molar-refractivity contribution in [1.29, 1.82) is 0 Å². The van der Waals surface area contributed by atoms with Gasteiger partial charge in [0.15, 0.2) is 0 Å². The van der Waals surface area contributed by atoms with E-state index >= 15 is 0 Å². The third-order valence-corrected chi connectivity index (χ3v) is 4.56. The Kier molecular flexibility index (Phi) is 4.54. The zero-order valence-electron chi connectivity index (χ0n) is 14.6. The second-order valence-electron chi connectivity index (χ2n) is 6.38. The minimum Gasteiger partial charge on any atom is -0.394 e. The molecule has 0 fully saturated rings. The number of benzene rings is 3. The molecular formula is C22H19N3O2. The molecule has 4 aromatic rings. The molecule has 1 aromatic heterocycles. The first kappa shape index (κ1) is 17.1. The summed E-state index contributed by atoms with van der Waals surface area (Å²) in [5.41, 5.74) is 10.2. The number of carbonyl (C=O) groups excluding carboxylic acids is 1. The van der Waals surface area contributed by atoms with Crippen LogP contribution in [0.3, 0.4) is 0 Å². The van der Waals surface area contributed by atoms with Crippen LogP contribution >= 0.6 is 0 Å². The summed E-state index contributed by atoms with van der Waals surface area (Å²) in [4.78, 5) is 16.6. The van der Waals surface area contributed by atoms with Crippen LogP contribution in [-0.4, -0.2) is 28.6 Å². The molecule has 0 saturated heterocycles. The molecule has 0 unspecified atom stereocenters. The van der Waals surface area contributed by atoms with Gasteiger partial charge in [0.05, 0.1) is 17.6 Å². The van der Waals surface area contributed by atoms with Crippen molar-refractivity contribution in [3.63, 3.8) is 0 Å². The summed E-state index contributed by atoms with van der Waals surface area (Å²) >= 11 is 0. The molecule has 0 radical (unpaired) electrons. The fourth-order valence-corrected chi connectivity index (χ4v) is 3.19. The summed E-state index contributed by atoms with van der Waals surface area (Å²) in [5.74, 6) is -0.412. The number of pyridine rings is 1. The summed E-state index contributed by atoms with van der Waals surface area (Å²) in [5, 5.41) is 13.9. The molecule has 0 aliphatic carbocycles. The highest BCUT2D eigenvalue weighted by molar-refractivity contribution is 6.09. The molecule has 134 valence electrons. The molecule has 27 heavy (non-hydrogen) atoms. The average Bonchev–Trinajstić information content (AvgIpc) is 2.72. The first-order chi connectivity index (χ1) is 13.2. The van der Waals surface area contributed by atoms with Gasteiger partial charge in [-0.05, 0) is 29.8 Å². The lowest BCUT2D eigenvalue weighted by Gasteiger charge is -2.13. The van der Waals surface area contributed by atoms with Crippen molar-refractivity contribution in [2.45, 2.75) is 6.04 Å². The van der Waals surface area contributed by atoms with Crippen molar-refractivity contribution in [2.24, 2.45) is 5.73 Å². The van der Waals surface area contributed by atoms with Crippen molar-refractivity contribution < 1.29 is 9.90 Å². The van der Waals surface area contributed by atoms with Gasteiger partial charge in [0, 0.05) is 22.0 Å². The second-order valence-corrected chi connectivity index (χ2v) is 6.38. The van der Waals surface area contributed by atoms with E-state index in [1.54, 1.807) is 0 Å². The van der Waals surface area contributed by atoms with Gasteiger partial charge in [0.2, 0.25) is 5.91 Å². The summed E-state index contributed by atoms with van der Waals surface area (Å²) in [6.45, 7) is -0.390. The maximum atomic E-state index is 11.8. The predicted octanol–water partition coefficient (Wildman–Crippen LogP) is 3.31. The SMILES string of the molecule is N[C@@H](CO)C(=O)Nc1ccc(-c2c3ccccc3nc3ccccc23)cc1. The Morgan fingerprint density at radius 3 is 2.04 bits per heavy atom.